The molecule has 2 aromatic rings. The molecule has 1 aliphatic heterocycles. The van der Waals surface area contributed by atoms with Gasteiger partial charge in [-0.1, -0.05) is 18.2 Å². The summed E-state index contributed by atoms with van der Waals surface area (Å²) in [6.45, 7) is 1.79. The zero-order valence-electron chi connectivity index (χ0n) is 12.7. The number of rotatable bonds is 4. The summed E-state index contributed by atoms with van der Waals surface area (Å²) in [4.78, 5) is 25.3. The van der Waals surface area contributed by atoms with Crippen molar-refractivity contribution in [2.24, 2.45) is 0 Å². The van der Waals surface area contributed by atoms with Crippen molar-refractivity contribution >= 4 is 28.8 Å². The summed E-state index contributed by atoms with van der Waals surface area (Å²) < 4.78 is 0. The predicted molar refractivity (Wildman–Crippen MR) is 92.1 cm³/mol. The number of anilines is 1. The monoisotopic (exact) mass is 329 g/mol. The second-order valence-electron chi connectivity index (χ2n) is 5.49. The molecule has 1 aromatic heterocycles. The summed E-state index contributed by atoms with van der Waals surface area (Å²) in [6.07, 6.45) is 2.03. The van der Waals surface area contributed by atoms with Gasteiger partial charge < -0.3 is 16.0 Å². The highest BCUT2D eigenvalue weighted by Crippen LogP contribution is 2.18. The van der Waals surface area contributed by atoms with E-state index in [0.29, 0.717) is 16.1 Å². The SMILES string of the molecule is O=C(Nc1ccccc1C(=O)NC1CCCNC1)c1cccs1. The molecule has 1 aromatic carbocycles. The van der Waals surface area contributed by atoms with Crippen LogP contribution in [0.1, 0.15) is 32.9 Å². The zero-order valence-corrected chi connectivity index (χ0v) is 13.5. The fraction of sp³-hybridized carbons (Fsp3) is 0.294. The van der Waals surface area contributed by atoms with Crippen LogP contribution in [0.15, 0.2) is 41.8 Å². The van der Waals surface area contributed by atoms with Crippen molar-refractivity contribution in [3.8, 4) is 0 Å². The van der Waals surface area contributed by atoms with Crippen LogP contribution in [-0.4, -0.2) is 30.9 Å². The van der Waals surface area contributed by atoms with Crippen LogP contribution in [0.5, 0.6) is 0 Å². The first-order valence-electron chi connectivity index (χ1n) is 7.69. The van der Waals surface area contributed by atoms with Crippen molar-refractivity contribution in [1.82, 2.24) is 10.6 Å². The second-order valence-corrected chi connectivity index (χ2v) is 6.44. The number of para-hydroxylation sites is 1. The van der Waals surface area contributed by atoms with Crippen LogP contribution in [-0.2, 0) is 0 Å². The Balaban J connectivity index is 1.72. The summed E-state index contributed by atoms with van der Waals surface area (Å²) in [5.74, 6) is -0.347. The van der Waals surface area contributed by atoms with E-state index < -0.39 is 0 Å². The van der Waals surface area contributed by atoms with Gasteiger partial charge in [-0.15, -0.1) is 11.3 Å². The van der Waals surface area contributed by atoms with Crippen LogP contribution in [0, 0.1) is 0 Å². The van der Waals surface area contributed by atoms with Crippen LogP contribution in [0.25, 0.3) is 0 Å². The predicted octanol–water partition coefficient (Wildman–Crippen LogP) is 2.48. The Morgan fingerprint density at radius 2 is 2.00 bits per heavy atom. The smallest absolute Gasteiger partial charge is 0.265 e. The Hall–Kier alpha value is -2.18. The number of nitrogens with one attached hydrogen (secondary N) is 3. The molecule has 3 rings (SSSR count). The van der Waals surface area contributed by atoms with Gasteiger partial charge in [0.25, 0.3) is 11.8 Å². The number of thiophene rings is 1. The Kier molecular flexibility index (Phi) is 5.05. The zero-order chi connectivity index (χ0) is 16.1. The number of piperidine rings is 1. The van der Waals surface area contributed by atoms with Crippen LogP contribution >= 0.6 is 11.3 Å². The molecule has 1 aliphatic rings. The van der Waals surface area contributed by atoms with Crippen molar-refractivity contribution in [3.63, 3.8) is 0 Å². The van der Waals surface area contributed by atoms with Gasteiger partial charge in [0.2, 0.25) is 0 Å². The molecule has 0 saturated carbocycles. The summed E-state index contributed by atoms with van der Waals surface area (Å²) in [5.41, 5.74) is 1.02. The minimum absolute atomic E-state index is 0.136. The van der Waals surface area contributed by atoms with Gasteiger partial charge in [0, 0.05) is 12.6 Å². The van der Waals surface area contributed by atoms with E-state index in [0.717, 1.165) is 25.9 Å². The average Bonchev–Trinajstić information content (AvgIpc) is 3.11. The van der Waals surface area contributed by atoms with Crippen molar-refractivity contribution < 1.29 is 9.59 Å². The van der Waals surface area contributed by atoms with Gasteiger partial charge in [0.15, 0.2) is 0 Å². The van der Waals surface area contributed by atoms with Gasteiger partial charge in [-0.2, -0.15) is 0 Å². The number of hydrogen-bond donors (Lipinski definition) is 3. The minimum atomic E-state index is -0.195. The molecule has 2 heterocycles. The highest BCUT2D eigenvalue weighted by atomic mass is 32.1. The van der Waals surface area contributed by atoms with Crippen molar-refractivity contribution in [1.29, 1.82) is 0 Å². The largest absolute Gasteiger partial charge is 0.348 e. The van der Waals surface area contributed by atoms with E-state index in [9.17, 15) is 9.59 Å². The quantitative estimate of drug-likeness (QED) is 0.807. The fourth-order valence-electron chi connectivity index (χ4n) is 2.62. The summed E-state index contributed by atoms with van der Waals surface area (Å²) in [5, 5.41) is 11.0. The summed E-state index contributed by atoms with van der Waals surface area (Å²) >= 11 is 1.37. The van der Waals surface area contributed by atoms with E-state index in [2.05, 4.69) is 16.0 Å². The van der Waals surface area contributed by atoms with Crippen molar-refractivity contribution in [3.05, 3.63) is 52.2 Å². The highest BCUT2D eigenvalue weighted by Gasteiger charge is 2.19. The number of amides is 2. The standard InChI is InChI=1S/C17H19N3O2S/c21-16(19-12-5-3-9-18-11-12)13-6-1-2-7-14(13)20-17(22)15-8-4-10-23-15/h1-2,4,6-8,10,12,18H,3,5,9,11H2,(H,19,21)(H,20,22). The number of carbonyl (C=O) groups excluding carboxylic acids is 2. The van der Waals surface area contributed by atoms with Gasteiger partial charge >= 0.3 is 0 Å². The van der Waals surface area contributed by atoms with Crippen molar-refractivity contribution in [2.75, 3.05) is 18.4 Å². The lowest BCUT2D eigenvalue weighted by Crippen LogP contribution is -2.45. The van der Waals surface area contributed by atoms with E-state index in [1.807, 2.05) is 17.5 Å². The third-order valence-corrected chi connectivity index (χ3v) is 4.67. The Labute approximate surface area is 139 Å². The highest BCUT2D eigenvalue weighted by molar-refractivity contribution is 7.12. The van der Waals surface area contributed by atoms with E-state index in [-0.39, 0.29) is 17.9 Å². The molecule has 1 saturated heterocycles. The molecule has 1 fully saturated rings. The molecule has 6 heteroatoms. The van der Waals surface area contributed by atoms with Gasteiger partial charge in [-0.25, -0.2) is 0 Å². The number of hydrogen-bond acceptors (Lipinski definition) is 4. The Morgan fingerprint density at radius 1 is 1.13 bits per heavy atom. The van der Waals surface area contributed by atoms with Crippen LogP contribution in [0.2, 0.25) is 0 Å². The third kappa shape index (κ3) is 3.97. The van der Waals surface area contributed by atoms with E-state index in [1.165, 1.54) is 11.3 Å². The van der Waals surface area contributed by atoms with Gasteiger partial charge in [0.1, 0.15) is 0 Å². The first-order valence-corrected chi connectivity index (χ1v) is 8.57. The van der Waals surface area contributed by atoms with E-state index in [4.69, 9.17) is 0 Å². The molecule has 0 bridgehead atoms. The maximum atomic E-state index is 12.5. The molecular formula is C17H19N3O2S. The first-order chi connectivity index (χ1) is 11.2. The van der Waals surface area contributed by atoms with Gasteiger partial charge in [-0.05, 0) is 43.0 Å². The molecule has 5 nitrogen and oxygen atoms in total. The van der Waals surface area contributed by atoms with Crippen LogP contribution in [0.3, 0.4) is 0 Å². The molecule has 0 radical (unpaired) electrons. The lowest BCUT2D eigenvalue weighted by Gasteiger charge is -2.24. The fourth-order valence-corrected chi connectivity index (χ4v) is 3.24. The molecule has 1 unspecified atom stereocenters. The lowest BCUT2D eigenvalue weighted by atomic mass is 10.1. The molecule has 0 spiro atoms. The molecule has 2 amide bonds. The average molecular weight is 329 g/mol. The Bertz CT molecular complexity index is 679. The molecular weight excluding hydrogens is 310 g/mol. The number of benzene rings is 1. The molecule has 23 heavy (non-hydrogen) atoms. The molecule has 0 aliphatic carbocycles. The number of carbonyl (C=O) groups is 2. The Morgan fingerprint density at radius 3 is 2.74 bits per heavy atom. The van der Waals surface area contributed by atoms with Gasteiger partial charge in [0.05, 0.1) is 16.1 Å². The first kappa shape index (κ1) is 15.7. The normalized spacial score (nSPS) is 17.5. The maximum Gasteiger partial charge on any atom is 0.265 e. The maximum absolute atomic E-state index is 12.5. The van der Waals surface area contributed by atoms with Crippen LogP contribution in [0.4, 0.5) is 5.69 Å². The van der Waals surface area contributed by atoms with Crippen molar-refractivity contribution in [2.45, 2.75) is 18.9 Å². The van der Waals surface area contributed by atoms with E-state index >= 15 is 0 Å². The topological polar surface area (TPSA) is 70.2 Å². The second kappa shape index (κ2) is 7.39. The van der Waals surface area contributed by atoms with Crippen LogP contribution < -0.4 is 16.0 Å². The summed E-state index contributed by atoms with van der Waals surface area (Å²) in [7, 11) is 0. The van der Waals surface area contributed by atoms with E-state index in [1.54, 1.807) is 24.3 Å². The minimum Gasteiger partial charge on any atom is -0.348 e. The lowest BCUT2D eigenvalue weighted by molar-refractivity contribution is 0.0931. The molecule has 120 valence electrons. The third-order valence-electron chi connectivity index (χ3n) is 3.80. The van der Waals surface area contributed by atoms with Gasteiger partial charge in [-0.3, -0.25) is 9.59 Å². The molecule has 1 atom stereocenters. The molecule has 3 N–H and O–H groups in total. The summed E-state index contributed by atoms with van der Waals surface area (Å²) in [6, 6.07) is 10.8.